The van der Waals surface area contributed by atoms with Crippen LogP contribution in [-0.4, -0.2) is 52.2 Å². The molecule has 5 heteroatoms. The summed E-state index contributed by atoms with van der Waals surface area (Å²) in [6.45, 7) is 6.72. The van der Waals surface area contributed by atoms with Crippen molar-refractivity contribution in [2.24, 2.45) is 0 Å². The quantitative estimate of drug-likeness (QED) is 0.834. The SMILES string of the molecule is CCn1cc(CN(C)C(=O)CC2CCCCN2C)c(C)n1. The molecule has 0 aliphatic carbocycles. The Kier molecular flexibility index (Phi) is 5.39. The van der Waals surface area contributed by atoms with Gasteiger partial charge in [-0.2, -0.15) is 5.10 Å². The number of piperidine rings is 1. The summed E-state index contributed by atoms with van der Waals surface area (Å²) in [4.78, 5) is 16.6. The first-order chi connectivity index (χ1) is 10.0. The molecule has 21 heavy (non-hydrogen) atoms. The number of amides is 1. The van der Waals surface area contributed by atoms with Gasteiger partial charge in [-0.05, 0) is 40.3 Å². The van der Waals surface area contributed by atoms with E-state index in [1.54, 1.807) is 0 Å². The van der Waals surface area contributed by atoms with E-state index in [2.05, 4.69) is 24.0 Å². The van der Waals surface area contributed by atoms with Crippen molar-refractivity contribution in [3.05, 3.63) is 17.5 Å². The highest BCUT2D eigenvalue weighted by atomic mass is 16.2. The Morgan fingerprint density at radius 3 is 2.86 bits per heavy atom. The largest absolute Gasteiger partial charge is 0.341 e. The first kappa shape index (κ1) is 16.0. The molecule has 1 aliphatic rings. The van der Waals surface area contributed by atoms with E-state index in [1.807, 2.05) is 29.7 Å². The highest BCUT2D eigenvalue weighted by Crippen LogP contribution is 2.19. The van der Waals surface area contributed by atoms with Crippen LogP contribution in [0, 0.1) is 6.92 Å². The number of aromatic nitrogens is 2. The van der Waals surface area contributed by atoms with E-state index in [0.717, 1.165) is 30.8 Å². The fourth-order valence-electron chi connectivity index (χ4n) is 2.98. The zero-order valence-electron chi connectivity index (χ0n) is 13.8. The van der Waals surface area contributed by atoms with E-state index in [0.29, 0.717) is 19.0 Å². The van der Waals surface area contributed by atoms with Gasteiger partial charge in [0.05, 0.1) is 5.69 Å². The highest BCUT2D eigenvalue weighted by Gasteiger charge is 2.23. The monoisotopic (exact) mass is 292 g/mol. The van der Waals surface area contributed by atoms with Crippen LogP contribution in [-0.2, 0) is 17.9 Å². The van der Waals surface area contributed by atoms with E-state index in [4.69, 9.17) is 0 Å². The average molecular weight is 292 g/mol. The number of rotatable bonds is 5. The summed E-state index contributed by atoms with van der Waals surface area (Å²) in [5.74, 6) is 0.234. The normalized spacial score (nSPS) is 19.7. The summed E-state index contributed by atoms with van der Waals surface area (Å²) >= 11 is 0. The molecule has 1 aliphatic heterocycles. The van der Waals surface area contributed by atoms with Gasteiger partial charge in [0.1, 0.15) is 0 Å². The number of aryl methyl sites for hydroxylation is 2. The zero-order valence-corrected chi connectivity index (χ0v) is 13.8. The third-order valence-electron chi connectivity index (χ3n) is 4.54. The fourth-order valence-corrected chi connectivity index (χ4v) is 2.98. The Morgan fingerprint density at radius 2 is 2.24 bits per heavy atom. The molecule has 0 aromatic carbocycles. The molecule has 1 aromatic heterocycles. The molecule has 5 nitrogen and oxygen atoms in total. The number of hydrogen-bond acceptors (Lipinski definition) is 3. The van der Waals surface area contributed by atoms with E-state index in [-0.39, 0.29) is 5.91 Å². The molecule has 0 saturated carbocycles. The lowest BCUT2D eigenvalue weighted by Gasteiger charge is -2.33. The van der Waals surface area contributed by atoms with Crippen molar-refractivity contribution in [1.82, 2.24) is 19.6 Å². The number of hydrogen-bond donors (Lipinski definition) is 0. The predicted octanol–water partition coefficient (Wildman–Crippen LogP) is 2.04. The van der Waals surface area contributed by atoms with Gasteiger partial charge < -0.3 is 9.80 Å². The van der Waals surface area contributed by atoms with Crippen LogP contribution >= 0.6 is 0 Å². The minimum Gasteiger partial charge on any atom is -0.341 e. The molecule has 1 atom stereocenters. The number of carbonyl (C=O) groups excluding carboxylic acids is 1. The van der Waals surface area contributed by atoms with Gasteiger partial charge in [0.25, 0.3) is 0 Å². The van der Waals surface area contributed by atoms with Crippen LogP contribution < -0.4 is 0 Å². The summed E-state index contributed by atoms with van der Waals surface area (Å²) in [5, 5.41) is 4.44. The van der Waals surface area contributed by atoms with Gasteiger partial charge >= 0.3 is 0 Å². The van der Waals surface area contributed by atoms with Gasteiger partial charge in [0.15, 0.2) is 0 Å². The van der Waals surface area contributed by atoms with Gasteiger partial charge in [0, 0.05) is 44.4 Å². The molecular formula is C16H28N4O. The predicted molar refractivity (Wildman–Crippen MR) is 84.0 cm³/mol. The van der Waals surface area contributed by atoms with E-state index in [1.165, 1.54) is 12.8 Å². The molecule has 1 unspecified atom stereocenters. The maximum absolute atomic E-state index is 12.4. The fraction of sp³-hybridized carbons (Fsp3) is 0.750. The van der Waals surface area contributed by atoms with Crippen molar-refractivity contribution in [2.75, 3.05) is 20.6 Å². The molecule has 0 spiro atoms. The lowest BCUT2D eigenvalue weighted by atomic mass is 9.99. The smallest absolute Gasteiger partial charge is 0.224 e. The molecule has 0 bridgehead atoms. The Morgan fingerprint density at radius 1 is 1.48 bits per heavy atom. The van der Waals surface area contributed by atoms with Gasteiger partial charge in [-0.3, -0.25) is 9.48 Å². The van der Waals surface area contributed by atoms with Crippen LogP contribution in [0.25, 0.3) is 0 Å². The standard InChI is InChI=1S/C16H28N4O/c1-5-20-12-14(13(2)17-20)11-19(4)16(21)10-15-8-6-7-9-18(15)3/h12,15H,5-11H2,1-4H3. The van der Waals surface area contributed by atoms with Gasteiger partial charge in [-0.1, -0.05) is 6.42 Å². The Balaban J connectivity index is 1.91. The molecule has 2 heterocycles. The summed E-state index contributed by atoms with van der Waals surface area (Å²) in [6, 6.07) is 0.410. The van der Waals surface area contributed by atoms with Crippen molar-refractivity contribution < 1.29 is 4.79 Å². The third-order valence-corrected chi connectivity index (χ3v) is 4.54. The highest BCUT2D eigenvalue weighted by molar-refractivity contribution is 5.76. The first-order valence-electron chi connectivity index (χ1n) is 7.98. The third kappa shape index (κ3) is 4.06. The average Bonchev–Trinajstić information content (AvgIpc) is 2.82. The van der Waals surface area contributed by atoms with Crippen molar-refractivity contribution in [3.63, 3.8) is 0 Å². The van der Waals surface area contributed by atoms with Crippen molar-refractivity contribution in [1.29, 1.82) is 0 Å². The molecule has 1 saturated heterocycles. The summed E-state index contributed by atoms with van der Waals surface area (Å²) < 4.78 is 1.93. The Labute approximate surface area is 127 Å². The summed E-state index contributed by atoms with van der Waals surface area (Å²) in [7, 11) is 4.03. The second-order valence-electron chi connectivity index (χ2n) is 6.18. The van der Waals surface area contributed by atoms with Crippen molar-refractivity contribution in [3.8, 4) is 0 Å². The van der Waals surface area contributed by atoms with Crippen molar-refractivity contribution >= 4 is 5.91 Å². The van der Waals surface area contributed by atoms with E-state index >= 15 is 0 Å². The number of nitrogens with zero attached hydrogens (tertiary/aromatic N) is 4. The van der Waals surface area contributed by atoms with Gasteiger partial charge in [-0.15, -0.1) is 0 Å². The van der Waals surface area contributed by atoms with Crippen LogP contribution in [0.5, 0.6) is 0 Å². The maximum atomic E-state index is 12.4. The molecule has 0 N–H and O–H groups in total. The Hall–Kier alpha value is -1.36. The minimum absolute atomic E-state index is 0.234. The van der Waals surface area contributed by atoms with Crippen molar-refractivity contribution in [2.45, 2.75) is 58.7 Å². The first-order valence-corrected chi connectivity index (χ1v) is 7.98. The number of likely N-dealkylation sites (tertiary alicyclic amines) is 1. The van der Waals surface area contributed by atoms with Crippen LogP contribution in [0.3, 0.4) is 0 Å². The second-order valence-corrected chi connectivity index (χ2v) is 6.18. The summed E-state index contributed by atoms with van der Waals surface area (Å²) in [5.41, 5.74) is 2.16. The minimum atomic E-state index is 0.234. The van der Waals surface area contributed by atoms with E-state index < -0.39 is 0 Å². The van der Waals surface area contributed by atoms with Gasteiger partial charge in [0.2, 0.25) is 5.91 Å². The number of carbonyl (C=O) groups is 1. The Bertz CT molecular complexity index is 483. The second kappa shape index (κ2) is 7.07. The topological polar surface area (TPSA) is 41.4 Å². The molecule has 2 rings (SSSR count). The van der Waals surface area contributed by atoms with Crippen LogP contribution in [0.4, 0.5) is 0 Å². The van der Waals surface area contributed by atoms with Crippen LogP contribution in [0.2, 0.25) is 0 Å². The summed E-state index contributed by atoms with van der Waals surface area (Å²) in [6.07, 6.45) is 6.32. The molecule has 0 radical (unpaired) electrons. The molecule has 1 amide bonds. The van der Waals surface area contributed by atoms with E-state index in [9.17, 15) is 4.79 Å². The maximum Gasteiger partial charge on any atom is 0.224 e. The lowest BCUT2D eigenvalue weighted by molar-refractivity contribution is -0.131. The van der Waals surface area contributed by atoms with Crippen LogP contribution in [0.1, 0.15) is 43.9 Å². The molecule has 1 aromatic rings. The lowest BCUT2D eigenvalue weighted by Crippen LogP contribution is -2.40. The van der Waals surface area contributed by atoms with Gasteiger partial charge in [-0.25, -0.2) is 0 Å². The molecule has 1 fully saturated rings. The van der Waals surface area contributed by atoms with Crippen LogP contribution in [0.15, 0.2) is 6.20 Å². The molecular weight excluding hydrogens is 264 g/mol. The molecule has 118 valence electrons. The zero-order chi connectivity index (χ0) is 15.4.